The van der Waals surface area contributed by atoms with Crippen LogP contribution in [-0.4, -0.2) is 24.6 Å². The fourth-order valence-electron chi connectivity index (χ4n) is 1.23. The van der Waals surface area contributed by atoms with E-state index in [1.165, 1.54) is 0 Å². The van der Waals surface area contributed by atoms with Gasteiger partial charge in [-0.1, -0.05) is 18.5 Å². The molecule has 0 saturated carbocycles. The second kappa shape index (κ2) is 5.56. The minimum atomic E-state index is -0.138. The predicted molar refractivity (Wildman–Crippen MR) is 61.3 cm³/mol. The molecule has 0 aliphatic rings. The number of carbonyl (C=O) groups excluding carboxylic acids is 1. The largest absolute Gasteiger partial charge is 0.341 e. The van der Waals surface area contributed by atoms with E-state index in [9.17, 15) is 4.79 Å². The van der Waals surface area contributed by atoms with E-state index in [0.717, 1.165) is 12.1 Å². The molecule has 0 spiro atoms. The first-order valence-corrected chi connectivity index (χ1v) is 5.17. The number of hydrogen-bond acceptors (Lipinski definition) is 2. The Balaban J connectivity index is 2.88. The van der Waals surface area contributed by atoms with E-state index in [0.29, 0.717) is 11.7 Å². The zero-order valence-electron chi connectivity index (χ0n) is 8.83. The summed E-state index contributed by atoms with van der Waals surface area (Å²) in [6.45, 7) is 2.67. The fourth-order valence-corrected chi connectivity index (χ4v) is 1.35. The molecule has 0 fully saturated rings. The van der Waals surface area contributed by atoms with Crippen LogP contribution in [0.1, 0.15) is 13.3 Å². The van der Waals surface area contributed by atoms with Crippen LogP contribution in [-0.2, 0) is 0 Å². The van der Waals surface area contributed by atoms with Gasteiger partial charge in [0.1, 0.15) is 5.15 Å². The molecule has 0 atom stereocenters. The van der Waals surface area contributed by atoms with Gasteiger partial charge in [0.05, 0.1) is 11.9 Å². The third-order valence-corrected chi connectivity index (χ3v) is 2.15. The molecule has 0 aliphatic heterocycles. The highest BCUT2D eigenvalue weighted by molar-refractivity contribution is 6.29. The average Bonchev–Trinajstić information content (AvgIpc) is 2.26. The Bertz CT molecular complexity index is 326. The second-order valence-corrected chi connectivity index (χ2v) is 3.43. The zero-order chi connectivity index (χ0) is 11.3. The van der Waals surface area contributed by atoms with Crippen molar-refractivity contribution in [3.63, 3.8) is 0 Å². The molecule has 1 aromatic rings. The summed E-state index contributed by atoms with van der Waals surface area (Å²) in [6.07, 6.45) is 2.48. The summed E-state index contributed by atoms with van der Waals surface area (Å²) in [6, 6.07) is 3.31. The minimum absolute atomic E-state index is 0.138. The highest BCUT2D eigenvalue weighted by Crippen LogP contribution is 2.15. The van der Waals surface area contributed by atoms with Crippen LogP contribution in [0, 0.1) is 0 Å². The molecule has 1 N–H and O–H groups in total. The fraction of sp³-hybridized carbons (Fsp3) is 0.400. The van der Waals surface area contributed by atoms with Gasteiger partial charge in [-0.25, -0.2) is 9.78 Å². The van der Waals surface area contributed by atoms with Crippen molar-refractivity contribution >= 4 is 23.3 Å². The molecule has 1 rings (SSSR count). The molecule has 82 valence electrons. The molecule has 0 saturated heterocycles. The smallest absolute Gasteiger partial charge is 0.321 e. The van der Waals surface area contributed by atoms with Gasteiger partial charge in [0.15, 0.2) is 0 Å². The molecule has 15 heavy (non-hydrogen) atoms. The van der Waals surface area contributed by atoms with Gasteiger partial charge >= 0.3 is 6.03 Å². The Morgan fingerprint density at radius 1 is 1.60 bits per heavy atom. The van der Waals surface area contributed by atoms with Crippen LogP contribution in [0.4, 0.5) is 10.5 Å². The highest BCUT2D eigenvalue weighted by Gasteiger charge is 2.12. The highest BCUT2D eigenvalue weighted by atomic mass is 35.5. The van der Waals surface area contributed by atoms with Crippen molar-refractivity contribution in [2.75, 3.05) is 18.5 Å². The van der Waals surface area contributed by atoms with Crippen molar-refractivity contribution in [3.8, 4) is 0 Å². The number of aromatic nitrogens is 1. The van der Waals surface area contributed by atoms with Crippen LogP contribution in [0.5, 0.6) is 0 Å². The second-order valence-electron chi connectivity index (χ2n) is 3.05. The van der Waals surface area contributed by atoms with Crippen LogP contribution in [0.15, 0.2) is 18.3 Å². The Morgan fingerprint density at radius 2 is 2.33 bits per heavy atom. The Hall–Kier alpha value is -1.29. The SMILES string of the molecule is CCCN(C(=O)NC)c1ccc(Cl)nc1. The van der Waals surface area contributed by atoms with Gasteiger partial charge in [0, 0.05) is 13.6 Å². The number of carbonyl (C=O) groups is 1. The van der Waals surface area contributed by atoms with E-state index in [1.54, 1.807) is 30.3 Å². The standard InChI is InChI=1S/C10H14ClN3O/c1-3-6-14(10(15)12-2)8-4-5-9(11)13-7-8/h4-5,7H,3,6H2,1-2H3,(H,12,15). The van der Waals surface area contributed by atoms with Gasteiger partial charge in [-0.2, -0.15) is 0 Å². The number of anilines is 1. The van der Waals surface area contributed by atoms with Crippen molar-refractivity contribution in [3.05, 3.63) is 23.5 Å². The molecule has 0 radical (unpaired) electrons. The number of nitrogens with one attached hydrogen (secondary N) is 1. The van der Waals surface area contributed by atoms with Gasteiger partial charge < -0.3 is 5.32 Å². The van der Waals surface area contributed by atoms with Crippen molar-refractivity contribution in [2.24, 2.45) is 0 Å². The van der Waals surface area contributed by atoms with E-state index >= 15 is 0 Å². The molecule has 5 heteroatoms. The Labute approximate surface area is 94.3 Å². The minimum Gasteiger partial charge on any atom is -0.341 e. The molecule has 4 nitrogen and oxygen atoms in total. The van der Waals surface area contributed by atoms with Crippen LogP contribution >= 0.6 is 11.6 Å². The maximum atomic E-state index is 11.5. The quantitative estimate of drug-likeness (QED) is 0.806. The summed E-state index contributed by atoms with van der Waals surface area (Å²) in [4.78, 5) is 17.1. The summed E-state index contributed by atoms with van der Waals surface area (Å²) in [5.74, 6) is 0. The van der Waals surface area contributed by atoms with Gasteiger partial charge in [-0.05, 0) is 18.6 Å². The molecule has 1 heterocycles. The average molecular weight is 228 g/mol. The molecule has 0 unspecified atom stereocenters. The van der Waals surface area contributed by atoms with Crippen LogP contribution in [0.3, 0.4) is 0 Å². The third kappa shape index (κ3) is 3.09. The zero-order valence-corrected chi connectivity index (χ0v) is 9.58. The molecular formula is C10H14ClN3O. The molecule has 0 aliphatic carbocycles. The molecule has 0 bridgehead atoms. The first kappa shape index (κ1) is 11.8. The first-order chi connectivity index (χ1) is 7.19. The van der Waals surface area contributed by atoms with Gasteiger partial charge in [-0.15, -0.1) is 0 Å². The van der Waals surface area contributed by atoms with Crippen molar-refractivity contribution < 1.29 is 4.79 Å². The predicted octanol–water partition coefficient (Wildman–Crippen LogP) is 2.29. The number of hydrogen-bond donors (Lipinski definition) is 1. The number of rotatable bonds is 3. The summed E-state index contributed by atoms with van der Waals surface area (Å²) in [5, 5.41) is 3.01. The van der Waals surface area contributed by atoms with E-state index in [2.05, 4.69) is 10.3 Å². The Morgan fingerprint density at radius 3 is 2.80 bits per heavy atom. The van der Waals surface area contributed by atoms with Crippen LogP contribution in [0.2, 0.25) is 5.15 Å². The molecule has 0 aromatic carbocycles. The molecular weight excluding hydrogens is 214 g/mol. The number of pyridine rings is 1. The maximum Gasteiger partial charge on any atom is 0.321 e. The summed E-state index contributed by atoms with van der Waals surface area (Å²) < 4.78 is 0. The van der Waals surface area contributed by atoms with Crippen LogP contribution < -0.4 is 10.2 Å². The van der Waals surface area contributed by atoms with E-state index in [1.807, 2.05) is 6.92 Å². The van der Waals surface area contributed by atoms with Crippen molar-refractivity contribution in [2.45, 2.75) is 13.3 Å². The summed E-state index contributed by atoms with van der Waals surface area (Å²) in [5.41, 5.74) is 0.751. The number of urea groups is 1. The lowest BCUT2D eigenvalue weighted by Crippen LogP contribution is -2.38. The van der Waals surface area contributed by atoms with Crippen LogP contribution in [0.25, 0.3) is 0 Å². The number of halogens is 1. The van der Waals surface area contributed by atoms with E-state index < -0.39 is 0 Å². The van der Waals surface area contributed by atoms with E-state index in [-0.39, 0.29) is 6.03 Å². The Kier molecular flexibility index (Phi) is 4.37. The first-order valence-electron chi connectivity index (χ1n) is 4.79. The van der Waals surface area contributed by atoms with Gasteiger partial charge in [0.25, 0.3) is 0 Å². The number of nitrogens with zero attached hydrogens (tertiary/aromatic N) is 2. The van der Waals surface area contributed by atoms with Gasteiger partial charge in [0.2, 0.25) is 0 Å². The normalized spacial score (nSPS) is 9.80. The summed E-state index contributed by atoms with van der Waals surface area (Å²) in [7, 11) is 1.61. The van der Waals surface area contributed by atoms with E-state index in [4.69, 9.17) is 11.6 Å². The number of amides is 2. The van der Waals surface area contributed by atoms with Crippen molar-refractivity contribution in [1.82, 2.24) is 10.3 Å². The lowest BCUT2D eigenvalue weighted by molar-refractivity contribution is 0.248. The maximum absolute atomic E-state index is 11.5. The third-order valence-electron chi connectivity index (χ3n) is 1.93. The van der Waals surface area contributed by atoms with Crippen molar-refractivity contribution in [1.29, 1.82) is 0 Å². The lowest BCUT2D eigenvalue weighted by Gasteiger charge is -2.21. The van der Waals surface area contributed by atoms with Gasteiger partial charge in [-0.3, -0.25) is 4.90 Å². The molecule has 1 aromatic heterocycles. The topological polar surface area (TPSA) is 45.2 Å². The monoisotopic (exact) mass is 227 g/mol. The lowest BCUT2D eigenvalue weighted by atomic mass is 10.3. The summed E-state index contributed by atoms with van der Waals surface area (Å²) >= 11 is 5.68. The molecule has 2 amide bonds.